The molecule has 28 heavy (non-hydrogen) atoms. The molecule has 4 rings (SSSR count). The van der Waals surface area contributed by atoms with Gasteiger partial charge in [0.05, 0.1) is 23.3 Å². The van der Waals surface area contributed by atoms with Gasteiger partial charge in [0, 0.05) is 6.20 Å². The lowest BCUT2D eigenvalue weighted by atomic mass is 9.76. The fourth-order valence-corrected chi connectivity index (χ4v) is 3.96. The topological polar surface area (TPSA) is 101 Å². The Bertz CT molecular complexity index is 1140. The average Bonchev–Trinajstić information content (AvgIpc) is 2.78. The molecule has 1 saturated carbocycles. The van der Waals surface area contributed by atoms with Crippen LogP contribution in [0.3, 0.4) is 0 Å². The van der Waals surface area contributed by atoms with E-state index < -0.39 is 49.5 Å². The van der Waals surface area contributed by atoms with E-state index >= 15 is 0 Å². The number of pyridine rings is 1. The lowest BCUT2D eigenvalue weighted by Gasteiger charge is -2.41. The van der Waals surface area contributed by atoms with Crippen molar-refractivity contribution in [2.24, 2.45) is 0 Å². The third kappa shape index (κ3) is 2.35. The van der Waals surface area contributed by atoms with E-state index in [2.05, 4.69) is 0 Å². The maximum absolute atomic E-state index is 14.8. The predicted octanol–water partition coefficient (Wildman–Crippen LogP) is 3.66. The molecule has 1 fully saturated rings. The number of esters is 1. The summed E-state index contributed by atoms with van der Waals surface area (Å²) in [6.45, 7) is 1.59. The number of hydrogen-bond donors (Lipinski definition) is 0. The van der Waals surface area contributed by atoms with Crippen LogP contribution in [0.15, 0.2) is 23.3 Å². The number of carbonyl (C=O) groups excluding carboxylic acids is 1. The molecule has 1 spiro atoms. The number of fused-ring (bicyclic) bond motifs is 1. The first-order chi connectivity index (χ1) is 13.3. The molecule has 1 aliphatic heterocycles. The zero-order valence-corrected chi connectivity index (χ0v) is 15.4. The number of nitro groups is 1. The summed E-state index contributed by atoms with van der Waals surface area (Å²) in [6.07, 6.45) is 6.34. The summed E-state index contributed by atoms with van der Waals surface area (Å²) in [6, 6.07) is 0. The highest BCUT2D eigenvalue weighted by Crippen LogP contribution is 2.48. The summed E-state index contributed by atoms with van der Waals surface area (Å²) < 4.78 is 26.6. The second-order valence-electron chi connectivity index (χ2n) is 6.63. The monoisotopic (exact) mass is 408 g/mol. The average molecular weight is 409 g/mol. The van der Waals surface area contributed by atoms with Gasteiger partial charge in [-0.25, -0.2) is 9.18 Å². The highest BCUT2D eigenvalue weighted by atomic mass is 35.5. The minimum absolute atomic E-state index is 0.0159. The van der Waals surface area contributed by atoms with Crippen molar-refractivity contribution < 1.29 is 23.6 Å². The molecule has 1 aromatic carbocycles. The first-order valence-corrected chi connectivity index (χ1v) is 8.97. The normalized spacial score (nSPS) is 16.4. The van der Waals surface area contributed by atoms with E-state index in [0.717, 1.165) is 6.42 Å². The number of benzene rings is 1. The van der Waals surface area contributed by atoms with Gasteiger partial charge < -0.3 is 14.0 Å². The van der Waals surface area contributed by atoms with Gasteiger partial charge in [-0.1, -0.05) is 11.6 Å². The Morgan fingerprint density at radius 3 is 2.79 bits per heavy atom. The molecule has 10 heteroatoms. The van der Waals surface area contributed by atoms with Gasteiger partial charge in [0.2, 0.25) is 5.43 Å². The maximum Gasteiger partial charge on any atom is 0.343 e. The van der Waals surface area contributed by atoms with Gasteiger partial charge in [-0.3, -0.25) is 14.9 Å². The van der Waals surface area contributed by atoms with Crippen LogP contribution in [0.1, 0.15) is 36.5 Å². The molecule has 2 heterocycles. The summed E-state index contributed by atoms with van der Waals surface area (Å²) in [7, 11) is 0. The van der Waals surface area contributed by atoms with Crippen LogP contribution in [-0.2, 0) is 10.3 Å². The Labute approximate surface area is 162 Å². The minimum atomic E-state index is -1.14. The fraction of sp³-hybridized carbons (Fsp3) is 0.333. The van der Waals surface area contributed by atoms with Crippen LogP contribution >= 0.6 is 11.6 Å². The van der Waals surface area contributed by atoms with Gasteiger partial charge in [0.15, 0.2) is 16.6 Å². The Morgan fingerprint density at radius 1 is 1.50 bits per heavy atom. The summed E-state index contributed by atoms with van der Waals surface area (Å²) >= 11 is 5.88. The number of aromatic nitrogens is 1. The Kier molecular flexibility index (Phi) is 4.15. The number of allylic oxidation sites excluding steroid dienone is 1. The lowest BCUT2D eigenvalue weighted by molar-refractivity contribution is -0.383. The smallest absolute Gasteiger partial charge is 0.343 e. The molecular weight excluding hydrogens is 395 g/mol. The molecule has 0 bridgehead atoms. The van der Waals surface area contributed by atoms with E-state index in [9.17, 15) is 24.1 Å². The number of nitrogens with zero attached hydrogens (tertiary/aromatic N) is 2. The molecule has 1 aromatic heterocycles. The van der Waals surface area contributed by atoms with Gasteiger partial charge in [-0.2, -0.15) is 0 Å². The van der Waals surface area contributed by atoms with Gasteiger partial charge in [0.25, 0.3) is 0 Å². The second-order valence-corrected chi connectivity index (χ2v) is 7.00. The first kappa shape index (κ1) is 18.4. The van der Waals surface area contributed by atoms with E-state index in [1.54, 1.807) is 13.0 Å². The van der Waals surface area contributed by atoms with Crippen molar-refractivity contribution in [3.63, 3.8) is 0 Å². The van der Waals surface area contributed by atoms with Crippen LogP contribution in [0, 0.1) is 15.9 Å². The van der Waals surface area contributed by atoms with Gasteiger partial charge >= 0.3 is 11.7 Å². The molecule has 0 radical (unpaired) electrons. The van der Waals surface area contributed by atoms with E-state index in [1.807, 2.05) is 0 Å². The van der Waals surface area contributed by atoms with Crippen molar-refractivity contribution in [2.45, 2.75) is 31.7 Å². The van der Waals surface area contributed by atoms with E-state index in [-0.39, 0.29) is 17.7 Å². The molecule has 1 aliphatic carbocycles. The molecule has 146 valence electrons. The molecule has 0 saturated heterocycles. The highest BCUT2D eigenvalue weighted by molar-refractivity contribution is 6.34. The van der Waals surface area contributed by atoms with E-state index in [0.29, 0.717) is 12.8 Å². The quantitative estimate of drug-likeness (QED) is 0.436. The Morgan fingerprint density at radius 2 is 2.21 bits per heavy atom. The summed E-state index contributed by atoms with van der Waals surface area (Å²) in [5.74, 6) is -2.45. The van der Waals surface area contributed by atoms with Crippen molar-refractivity contribution >= 4 is 34.2 Å². The first-order valence-electron chi connectivity index (χ1n) is 8.59. The second kappa shape index (κ2) is 6.30. The molecular formula is C18H14ClFN2O6. The van der Waals surface area contributed by atoms with Crippen LogP contribution in [0.5, 0.6) is 5.75 Å². The summed E-state index contributed by atoms with van der Waals surface area (Å²) in [5, 5.41) is 10.3. The standard InChI is InChI=1S/C18H14ClFN2O6/c1-2-27-17(24)9-8-21-14-10(15(9)23)13(22(25)26)11(19)12(20)16(14)28-7-6-18(21)4-3-5-18/h6-8H,2-5H2,1H3. The number of hydrogen-bond acceptors (Lipinski definition) is 6. The van der Waals surface area contributed by atoms with Gasteiger partial charge in [-0.15, -0.1) is 0 Å². The van der Waals surface area contributed by atoms with Crippen molar-refractivity contribution in [3.05, 3.63) is 55.3 Å². The molecule has 0 N–H and O–H groups in total. The lowest BCUT2D eigenvalue weighted by Crippen LogP contribution is -2.40. The largest absolute Gasteiger partial charge is 0.462 e. The molecule has 2 aliphatic rings. The van der Waals surface area contributed by atoms with Crippen LogP contribution in [0.2, 0.25) is 5.02 Å². The van der Waals surface area contributed by atoms with Crippen LogP contribution < -0.4 is 10.2 Å². The van der Waals surface area contributed by atoms with Crippen molar-refractivity contribution in [3.8, 4) is 5.75 Å². The van der Waals surface area contributed by atoms with Crippen molar-refractivity contribution in [1.82, 2.24) is 4.57 Å². The summed E-state index contributed by atoms with van der Waals surface area (Å²) in [4.78, 5) is 36.1. The number of rotatable bonds is 3. The van der Waals surface area contributed by atoms with Crippen molar-refractivity contribution in [1.29, 1.82) is 0 Å². The van der Waals surface area contributed by atoms with Crippen LogP contribution in [-0.4, -0.2) is 22.1 Å². The number of carbonyl (C=O) groups is 1. The molecule has 0 amide bonds. The fourth-order valence-electron chi connectivity index (χ4n) is 3.71. The minimum Gasteiger partial charge on any atom is -0.462 e. The zero-order valence-electron chi connectivity index (χ0n) is 14.7. The molecule has 0 unspecified atom stereocenters. The molecule has 2 aromatic rings. The maximum atomic E-state index is 14.8. The van der Waals surface area contributed by atoms with Gasteiger partial charge in [0.1, 0.15) is 16.5 Å². The number of ether oxygens (including phenoxy) is 2. The van der Waals surface area contributed by atoms with Crippen LogP contribution in [0.25, 0.3) is 10.9 Å². The molecule has 8 nitrogen and oxygen atoms in total. The highest BCUT2D eigenvalue weighted by Gasteiger charge is 2.42. The third-order valence-corrected chi connectivity index (χ3v) is 5.55. The van der Waals surface area contributed by atoms with E-state index in [1.165, 1.54) is 17.0 Å². The number of nitro benzene ring substituents is 1. The van der Waals surface area contributed by atoms with Crippen LogP contribution in [0.4, 0.5) is 10.1 Å². The third-order valence-electron chi connectivity index (χ3n) is 5.20. The Balaban J connectivity index is 2.24. The zero-order chi connectivity index (χ0) is 20.2. The molecule has 0 atom stereocenters. The number of halogens is 2. The predicted molar refractivity (Wildman–Crippen MR) is 97.4 cm³/mol. The SMILES string of the molecule is CCOC(=O)c1cn2c3c(c(F)c(Cl)c([N+](=O)[O-])c3c1=O)OC=CC21CCC1. The van der Waals surface area contributed by atoms with Crippen molar-refractivity contribution in [2.75, 3.05) is 6.61 Å². The van der Waals surface area contributed by atoms with E-state index in [4.69, 9.17) is 21.1 Å². The summed E-state index contributed by atoms with van der Waals surface area (Å²) in [5.41, 5.74) is -3.03. The Hall–Kier alpha value is -2.94. The van der Waals surface area contributed by atoms with Gasteiger partial charge in [-0.05, 0) is 32.3 Å².